The molecule has 0 aliphatic rings. The number of rotatable bonds is 3. The Balaban J connectivity index is 1.37. The lowest BCUT2D eigenvalue weighted by Gasteiger charge is -2.19. The Labute approximate surface area is 287 Å². The smallest absolute Gasteiger partial charge is 0.0622 e. The Morgan fingerprint density at radius 1 is 0.292 bits per heavy atom. The maximum Gasteiger partial charge on any atom is 0.0629 e. The van der Waals surface area contributed by atoms with Crippen LogP contribution in [0.4, 0.5) is 0 Å². The van der Waals surface area contributed by atoms with Crippen molar-refractivity contribution in [2.45, 2.75) is 0 Å². The summed E-state index contributed by atoms with van der Waals surface area (Å²) >= 11 is 0. The van der Waals surface area contributed by atoms with Gasteiger partial charge >= 0.3 is 0 Å². The Kier molecular flexibility index (Phi) is 4.78. The Morgan fingerprint density at radius 2 is 0.854 bits per heavy atom. The average molecular weight is 613 g/mol. The van der Waals surface area contributed by atoms with E-state index < -0.39 is 0 Å². The van der Waals surface area contributed by atoms with Gasteiger partial charge in [-0.05, 0) is 110 Å². The van der Waals surface area contributed by atoms with Gasteiger partial charge in [-0.2, -0.15) is 0 Å². The van der Waals surface area contributed by atoms with Crippen molar-refractivity contribution in [3.05, 3.63) is 182 Å². The molecule has 10 aromatic carbocycles. The molecule has 0 bridgehead atoms. The lowest BCUT2D eigenvalue weighted by molar-refractivity contribution is 1.66. The van der Waals surface area contributed by atoms with Crippen molar-refractivity contribution in [1.29, 1.82) is 0 Å². The van der Waals surface area contributed by atoms with E-state index in [0.29, 0.717) is 22.3 Å². The van der Waals surface area contributed by atoms with Gasteiger partial charge in [0, 0.05) is 0 Å². The Hall–Kier alpha value is -6.24. The van der Waals surface area contributed by atoms with E-state index in [1.165, 1.54) is 0 Å². The molecule has 0 amide bonds. The van der Waals surface area contributed by atoms with Crippen LogP contribution in [-0.4, -0.2) is 0 Å². The third kappa shape index (κ3) is 4.03. The molecule has 0 aliphatic carbocycles. The molecular weight excluding hydrogens is 577 g/mol. The van der Waals surface area contributed by atoms with Crippen LogP contribution in [-0.2, 0) is 0 Å². The van der Waals surface area contributed by atoms with Gasteiger partial charge in [-0.1, -0.05) is 170 Å². The first-order chi connectivity index (χ1) is 26.3. The molecule has 10 aromatic rings. The fraction of sp³-hybridized carbons (Fsp3) is 0. The predicted molar refractivity (Wildman–Crippen MR) is 208 cm³/mol. The van der Waals surface area contributed by atoms with Crippen LogP contribution in [0, 0.1) is 0 Å². The maximum absolute atomic E-state index is 9.51. The molecule has 0 radical (unpaired) electrons. The molecule has 0 heteroatoms. The fourth-order valence-corrected chi connectivity index (χ4v) is 7.64. The largest absolute Gasteiger partial charge is 0.0629 e. The molecule has 0 aromatic heterocycles. The molecule has 48 heavy (non-hydrogen) atoms. The maximum atomic E-state index is 9.51. The van der Waals surface area contributed by atoms with Crippen LogP contribution in [0.1, 0.15) is 8.22 Å². The molecule has 0 nitrogen and oxygen atoms in total. The van der Waals surface area contributed by atoms with E-state index in [2.05, 4.69) is 60.7 Å². The summed E-state index contributed by atoms with van der Waals surface area (Å²) in [7, 11) is 0. The summed E-state index contributed by atoms with van der Waals surface area (Å²) in [6.45, 7) is 0. The zero-order chi connectivity index (χ0) is 36.8. The molecule has 0 aliphatic heterocycles. The van der Waals surface area contributed by atoms with Crippen molar-refractivity contribution in [1.82, 2.24) is 0 Å². The summed E-state index contributed by atoms with van der Waals surface area (Å²) in [5.41, 5.74) is 4.07. The molecular formula is C48H30. The van der Waals surface area contributed by atoms with Crippen molar-refractivity contribution in [3.8, 4) is 33.4 Å². The molecule has 10 rings (SSSR count). The molecule has 0 heterocycles. The molecule has 0 fully saturated rings. The van der Waals surface area contributed by atoms with Crippen molar-refractivity contribution in [3.63, 3.8) is 0 Å². The monoisotopic (exact) mass is 612 g/mol. The minimum absolute atomic E-state index is 0.177. The minimum atomic E-state index is -0.285. The Morgan fingerprint density at radius 3 is 1.56 bits per heavy atom. The van der Waals surface area contributed by atoms with Gasteiger partial charge in [0.1, 0.15) is 0 Å². The molecule has 0 N–H and O–H groups in total. The standard InChI is InChI=1S/C48H30/c1-2-13-31(14-3-1)47-42-17-6-8-19-44(42)48(45-20-9-7-18-43(45)47)41-26-12-23-36-35(21-10-24-38(36)41)37-22-11-25-39-40(37)28-27-34-29-32-15-4-5-16-33(32)30-46(34)39/h1-30H/i10D,12D,21D,23D,24D,26D. The molecule has 0 unspecified atom stereocenters. The molecule has 0 atom stereocenters. The average Bonchev–Trinajstić information content (AvgIpc) is 3.21. The van der Waals surface area contributed by atoms with Gasteiger partial charge in [0.05, 0.1) is 8.22 Å². The van der Waals surface area contributed by atoms with Gasteiger partial charge in [0.25, 0.3) is 0 Å². The highest BCUT2D eigenvalue weighted by atomic mass is 14.2. The number of hydrogen-bond donors (Lipinski definition) is 0. The summed E-state index contributed by atoms with van der Waals surface area (Å²) < 4.78 is 56.2. The second-order valence-corrected chi connectivity index (χ2v) is 12.3. The summed E-state index contributed by atoms with van der Waals surface area (Å²) in [5, 5.41) is 10.3. The van der Waals surface area contributed by atoms with Crippen molar-refractivity contribution in [2.24, 2.45) is 0 Å². The highest BCUT2D eigenvalue weighted by molar-refractivity contribution is 6.24. The SMILES string of the molecule is [2H]c1c([2H])c(-c2cccc3c2ccc2cc4ccccc4cc23)c2c([2H])c([2H])c([2H])c(-c3c4ccccc4c(-c4ccccc4)c4ccccc34)c2c1[2H]. The van der Waals surface area contributed by atoms with E-state index in [4.69, 9.17) is 0 Å². The lowest BCUT2D eigenvalue weighted by atomic mass is 9.84. The van der Waals surface area contributed by atoms with Crippen molar-refractivity contribution in [2.75, 3.05) is 0 Å². The molecule has 0 saturated heterocycles. The topological polar surface area (TPSA) is 0 Å². The van der Waals surface area contributed by atoms with Crippen LogP contribution >= 0.6 is 0 Å². The zero-order valence-corrected chi connectivity index (χ0v) is 25.9. The first-order valence-electron chi connectivity index (χ1n) is 19.2. The van der Waals surface area contributed by atoms with E-state index in [1.54, 1.807) is 0 Å². The van der Waals surface area contributed by atoms with E-state index in [1.807, 2.05) is 84.9 Å². The van der Waals surface area contributed by atoms with Crippen molar-refractivity contribution >= 4 is 64.6 Å². The first-order valence-corrected chi connectivity index (χ1v) is 16.2. The second-order valence-electron chi connectivity index (χ2n) is 12.3. The van der Waals surface area contributed by atoms with Gasteiger partial charge in [-0.3, -0.25) is 0 Å². The van der Waals surface area contributed by atoms with Crippen LogP contribution in [0.5, 0.6) is 0 Å². The molecule has 0 spiro atoms. The van der Waals surface area contributed by atoms with Crippen LogP contribution < -0.4 is 0 Å². The summed E-state index contributed by atoms with van der Waals surface area (Å²) in [6, 6.07) is 47.4. The summed E-state index contributed by atoms with van der Waals surface area (Å²) in [4.78, 5) is 0. The number of benzene rings is 10. The first kappa shape index (κ1) is 21.5. The van der Waals surface area contributed by atoms with Gasteiger partial charge in [0.15, 0.2) is 0 Å². The third-order valence-electron chi connectivity index (χ3n) is 9.76. The fourth-order valence-electron chi connectivity index (χ4n) is 7.64. The Bertz CT molecular complexity index is 3170. The van der Waals surface area contributed by atoms with Crippen LogP contribution in [0.25, 0.3) is 98.0 Å². The predicted octanol–water partition coefficient (Wildman–Crippen LogP) is 13.6. The van der Waals surface area contributed by atoms with Crippen LogP contribution in [0.15, 0.2) is 182 Å². The van der Waals surface area contributed by atoms with Gasteiger partial charge < -0.3 is 0 Å². The molecule has 0 saturated carbocycles. The number of hydrogen-bond acceptors (Lipinski definition) is 0. The van der Waals surface area contributed by atoms with Gasteiger partial charge in [-0.25, -0.2) is 0 Å². The molecule has 222 valence electrons. The highest BCUT2D eigenvalue weighted by Crippen LogP contribution is 2.46. The van der Waals surface area contributed by atoms with E-state index >= 15 is 0 Å². The van der Waals surface area contributed by atoms with E-state index in [0.717, 1.165) is 65.0 Å². The quantitative estimate of drug-likeness (QED) is 0.138. The van der Waals surface area contributed by atoms with E-state index in [-0.39, 0.29) is 47.0 Å². The summed E-state index contributed by atoms with van der Waals surface area (Å²) in [6.07, 6.45) is 0. The van der Waals surface area contributed by atoms with Gasteiger partial charge in [-0.15, -0.1) is 0 Å². The van der Waals surface area contributed by atoms with Crippen molar-refractivity contribution < 1.29 is 8.22 Å². The van der Waals surface area contributed by atoms with E-state index in [9.17, 15) is 8.22 Å². The van der Waals surface area contributed by atoms with Crippen LogP contribution in [0.3, 0.4) is 0 Å². The van der Waals surface area contributed by atoms with Crippen LogP contribution in [0.2, 0.25) is 0 Å². The third-order valence-corrected chi connectivity index (χ3v) is 9.76. The van der Waals surface area contributed by atoms with Gasteiger partial charge in [0.2, 0.25) is 0 Å². The minimum Gasteiger partial charge on any atom is -0.0622 e. The lowest BCUT2D eigenvalue weighted by Crippen LogP contribution is -1.92. The normalized spacial score (nSPS) is 13.5. The second kappa shape index (κ2) is 10.7. The number of fused-ring (bicyclic) bond motifs is 7. The summed E-state index contributed by atoms with van der Waals surface area (Å²) in [5.74, 6) is 0. The highest BCUT2D eigenvalue weighted by Gasteiger charge is 2.19. The zero-order valence-electron chi connectivity index (χ0n) is 31.9.